The number of hydrogen-bond acceptors (Lipinski definition) is 5. The molecular weight excluding hydrogens is 392 g/mol. The van der Waals surface area contributed by atoms with Crippen LogP contribution < -0.4 is 11.1 Å². The van der Waals surface area contributed by atoms with Gasteiger partial charge in [-0.2, -0.15) is 5.10 Å². The van der Waals surface area contributed by atoms with Crippen LogP contribution in [-0.2, 0) is 16.1 Å². The normalized spacial score (nSPS) is 15.2. The molecule has 1 unspecified atom stereocenters. The van der Waals surface area contributed by atoms with Gasteiger partial charge in [-0.25, -0.2) is 4.98 Å². The van der Waals surface area contributed by atoms with E-state index < -0.39 is 6.04 Å². The van der Waals surface area contributed by atoms with Crippen molar-refractivity contribution >= 4 is 29.9 Å². The predicted molar refractivity (Wildman–Crippen MR) is 114 cm³/mol. The molecule has 1 aromatic carbocycles. The number of hydrogen-bond donors (Lipinski definition) is 3. The number of nitrogens with two attached hydrogens (primary N) is 1. The second-order valence-electron chi connectivity index (χ2n) is 7.57. The number of nitrogens with one attached hydrogen (secondary N) is 2. The fourth-order valence-electron chi connectivity index (χ4n) is 3.42. The van der Waals surface area contributed by atoms with Crippen LogP contribution >= 0.6 is 12.4 Å². The van der Waals surface area contributed by atoms with Crippen LogP contribution in [0.4, 0.5) is 5.69 Å². The summed E-state index contributed by atoms with van der Waals surface area (Å²) in [5, 5.41) is 9.87. The molecule has 1 aromatic heterocycles. The van der Waals surface area contributed by atoms with Crippen LogP contribution in [-0.4, -0.2) is 44.5 Å². The number of piperidine rings is 1. The molecule has 4 N–H and O–H groups in total. The molecule has 0 spiro atoms. The molecule has 1 fully saturated rings. The third-order valence-corrected chi connectivity index (χ3v) is 4.87. The highest BCUT2D eigenvalue weighted by molar-refractivity contribution is 5.97. The highest BCUT2D eigenvalue weighted by Gasteiger charge is 2.31. The van der Waals surface area contributed by atoms with E-state index in [0.29, 0.717) is 49.2 Å². The van der Waals surface area contributed by atoms with E-state index in [1.165, 1.54) is 0 Å². The Morgan fingerprint density at radius 3 is 2.59 bits per heavy atom. The van der Waals surface area contributed by atoms with Crippen LogP contribution in [0.25, 0.3) is 11.4 Å². The molecule has 1 aliphatic heterocycles. The van der Waals surface area contributed by atoms with Crippen molar-refractivity contribution in [3.8, 4) is 11.4 Å². The lowest BCUT2D eigenvalue weighted by molar-refractivity contribution is -0.141. The molecule has 3 rings (SSSR count). The van der Waals surface area contributed by atoms with E-state index in [2.05, 4.69) is 34.3 Å². The van der Waals surface area contributed by atoms with Crippen LogP contribution in [0.3, 0.4) is 0 Å². The lowest BCUT2D eigenvalue weighted by Gasteiger charge is -2.34. The Hall–Kier alpha value is -2.45. The molecule has 0 radical (unpaired) electrons. The van der Waals surface area contributed by atoms with Gasteiger partial charge in [-0.05, 0) is 49.4 Å². The molecule has 2 amide bonds. The molecule has 2 heterocycles. The van der Waals surface area contributed by atoms with Crippen LogP contribution in [0.1, 0.15) is 45.4 Å². The van der Waals surface area contributed by atoms with Crippen molar-refractivity contribution in [2.24, 2.45) is 11.7 Å². The first kappa shape index (κ1) is 22.8. The second-order valence-corrected chi connectivity index (χ2v) is 7.57. The topological polar surface area (TPSA) is 117 Å². The van der Waals surface area contributed by atoms with Gasteiger partial charge < -0.3 is 16.0 Å². The summed E-state index contributed by atoms with van der Waals surface area (Å²) in [6.07, 6.45) is 3.02. The monoisotopic (exact) mass is 420 g/mol. The minimum absolute atomic E-state index is 0. The van der Waals surface area contributed by atoms with Crippen molar-refractivity contribution in [2.75, 3.05) is 11.9 Å². The van der Waals surface area contributed by atoms with Crippen molar-refractivity contribution < 1.29 is 9.59 Å². The fraction of sp³-hybridized carbons (Fsp3) is 0.500. The minimum atomic E-state index is -0.437. The van der Waals surface area contributed by atoms with Gasteiger partial charge in [0.2, 0.25) is 11.8 Å². The summed E-state index contributed by atoms with van der Waals surface area (Å²) >= 11 is 0. The Labute approximate surface area is 177 Å². The molecule has 158 valence electrons. The minimum Gasteiger partial charge on any atom is -0.331 e. The summed E-state index contributed by atoms with van der Waals surface area (Å²) in [7, 11) is 0. The van der Waals surface area contributed by atoms with E-state index >= 15 is 0 Å². The molecule has 2 aromatic rings. The van der Waals surface area contributed by atoms with E-state index in [4.69, 9.17) is 5.73 Å². The van der Waals surface area contributed by atoms with Gasteiger partial charge in [0.25, 0.3) is 0 Å². The van der Waals surface area contributed by atoms with Crippen molar-refractivity contribution in [2.45, 2.75) is 52.1 Å². The summed E-state index contributed by atoms with van der Waals surface area (Å²) in [5.41, 5.74) is 7.06. The third-order valence-electron chi connectivity index (χ3n) is 4.87. The summed E-state index contributed by atoms with van der Waals surface area (Å²) in [5.74, 6) is 1.43. The maximum absolute atomic E-state index is 12.9. The molecule has 1 saturated heterocycles. The van der Waals surface area contributed by atoms with E-state index in [1.807, 2.05) is 24.3 Å². The van der Waals surface area contributed by atoms with Gasteiger partial charge in [0.15, 0.2) is 5.82 Å². The number of carbonyl (C=O) groups is 2. The molecule has 9 heteroatoms. The number of anilines is 1. The van der Waals surface area contributed by atoms with Crippen LogP contribution in [0.5, 0.6) is 0 Å². The number of aromatic amines is 1. The highest BCUT2D eigenvalue weighted by Crippen LogP contribution is 2.22. The number of amides is 2. The molecule has 0 saturated carbocycles. The zero-order chi connectivity index (χ0) is 20.1. The number of benzene rings is 1. The number of H-pyrrole nitrogens is 1. The Morgan fingerprint density at radius 2 is 2.00 bits per heavy atom. The molecule has 0 aliphatic carbocycles. The Bertz CT molecular complexity index is 821. The van der Waals surface area contributed by atoms with E-state index in [1.54, 1.807) is 4.90 Å². The molecule has 0 bridgehead atoms. The maximum Gasteiger partial charge on any atom is 0.247 e. The third kappa shape index (κ3) is 5.77. The van der Waals surface area contributed by atoms with E-state index in [9.17, 15) is 9.59 Å². The summed E-state index contributed by atoms with van der Waals surface area (Å²) in [4.78, 5) is 31.3. The number of halogens is 1. The molecule has 1 atom stereocenters. The zero-order valence-corrected chi connectivity index (χ0v) is 17.7. The molecular formula is C20H29ClN6O2. The highest BCUT2D eigenvalue weighted by atomic mass is 35.5. The SMILES string of the molecule is CC(C)CC(C(=O)Nc1ccc(-c2n[nH]c(CN)n2)cc1)N1CCCCC1=O.Cl. The number of aromatic nitrogens is 3. The quantitative estimate of drug-likeness (QED) is 0.636. The van der Waals surface area contributed by atoms with Crippen molar-refractivity contribution in [1.29, 1.82) is 0 Å². The number of rotatable bonds is 7. The smallest absolute Gasteiger partial charge is 0.247 e. The second kappa shape index (κ2) is 10.4. The lowest BCUT2D eigenvalue weighted by atomic mass is 9.98. The first-order chi connectivity index (χ1) is 13.5. The van der Waals surface area contributed by atoms with Gasteiger partial charge in [0.1, 0.15) is 11.9 Å². The number of likely N-dealkylation sites (tertiary alicyclic amines) is 1. The average molecular weight is 421 g/mol. The maximum atomic E-state index is 12.9. The Morgan fingerprint density at radius 1 is 1.28 bits per heavy atom. The van der Waals surface area contributed by atoms with E-state index in [0.717, 1.165) is 18.4 Å². The molecule has 29 heavy (non-hydrogen) atoms. The summed E-state index contributed by atoms with van der Waals surface area (Å²) < 4.78 is 0. The summed E-state index contributed by atoms with van der Waals surface area (Å²) in [6, 6.07) is 6.89. The van der Waals surface area contributed by atoms with Gasteiger partial charge in [-0.1, -0.05) is 13.8 Å². The van der Waals surface area contributed by atoms with E-state index in [-0.39, 0.29) is 24.2 Å². The van der Waals surface area contributed by atoms with Gasteiger partial charge in [0, 0.05) is 24.2 Å². The fourth-order valence-corrected chi connectivity index (χ4v) is 3.42. The lowest BCUT2D eigenvalue weighted by Crippen LogP contribution is -2.49. The standard InChI is InChI=1S/C20H28N6O2.ClH/c1-13(2)11-16(26-10-4-3-5-18(26)27)20(28)22-15-8-6-14(7-9-15)19-23-17(12-21)24-25-19;/h6-9,13,16H,3-5,10-12,21H2,1-2H3,(H,22,28)(H,23,24,25);1H. The first-order valence-corrected chi connectivity index (χ1v) is 9.80. The van der Waals surface area contributed by atoms with Gasteiger partial charge in [0.05, 0.1) is 6.54 Å². The molecule has 1 aliphatic rings. The zero-order valence-electron chi connectivity index (χ0n) is 16.9. The number of nitrogens with zero attached hydrogens (tertiary/aromatic N) is 3. The Balaban J connectivity index is 0.00000300. The summed E-state index contributed by atoms with van der Waals surface area (Å²) in [6.45, 7) is 5.08. The van der Waals surface area contributed by atoms with Crippen LogP contribution in [0.15, 0.2) is 24.3 Å². The van der Waals surface area contributed by atoms with Crippen molar-refractivity contribution in [1.82, 2.24) is 20.1 Å². The van der Waals surface area contributed by atoms with Crippen LogP contribution in [0.2, 0.25) is 0 Å². The van der Waals surface area contributed by atoms with Crippen molar-refractivity contribution in [3.05, 3.63) is 30.1 Å². The first-order valence-electron chi connectivity index (χ1n) is 9.80. The van der Waals surface area contributed by atoms with Crippen LogP contribution in [0, 0.1) is 5.92 Å². The number of carbonyl (C=O) groups excluding carboxylic acids is 2. The van der Waals surface area contributed by atoms with Gasteiger partial charge in [-0.3, -0.25) is 14.7 Å². The van der Waals surface area contributed by atoms with Gasteiger partial charge in [-0.15, -0.1) is 12.4 Å². The largest absolute Gasteiger partial charge is 0.331 e. The average Bonchev–Trinajstić information content (AvgIpc) is 3.16. The van der Waals surface area contributed by atoms with Crippen molar-refractivity contribution in [3.63, 3.8) is 0 Å². The Kier molecular flexibility index (Phi) is 8.16. The molecule has 8 nitrogen and oxygen atoms in total. The predicted octanol–water partition coefficient (Wildman–Crippen LogP) is 2.72. The van der Waals surface area contributed by atoms with Gasteiger partial charge >= 0.3 is 0 Å².